The summed E-state index contributed by atoms with van der Waals surface area (Å²) in [5.74, 6) is -0.332. The summed E-state index contributed by atoms with van der Waals surface area (Å²) < 4.78 is 44.8. The molecule has 110 valence electrons. The Kier molecular flexibility index (Phi) is 4.33. The lowest BCUT2D eigenvalue weighted by atomic mass is 10.3. The number of hydrogen-bond acceptors (Lipinski definition) is 3. The Morgan fingerprint density at radius 2 is 1.80 bits per heavy atom. The van der Waals surface area contributed by atoms with Crippen molar-refractivity contribution in [3.8, 4) is 5.75 Å². The fourth-order valence-corrected chi connectivity index (χ4v) is 1.71. The Morgan fingerprint density at radius 3 is 2.35 bits per heavy atom. The van der Waals surface area contributed by atoms with Crippen LogP contribution in [-0.2, 0) is 4.74 Å². The first kappa shape index (κ1) is 14.4. The van der Waals surface area contributed by atoms with E-state index in [2.05, 4.69) is 10.1 Å². The van der Waals surface area contributed by atoms with Gasteiger partial charge in [0.05, 0.1) is 13.2 Å². The molecule has 0 spiro atoms. The molecule has 0 atom stereocenters. The fraction of sp³-hybridized carbons (Fsp3) is 0.417. The molecule has 1 aliphatic rings. The van der Waals surface area contributed by atoms with Crippen LogP contribution in [0.15, 0.2) is 24.3 Å². The van der Waals surface area contributed by atoms with Crippen LogP contribution >= 0.6 is 0 Å². The Morgan fingerprint density at radius 1 is 1.20 bits per heavy atom. The highest BCUT2D eigenvalue weighted by atomic mass is 19.4. The Bertz CT molecular complexity index is 456. The average molecular weight is 290 g/mol. The van der Waals surface area contributed by atoms with Gasteiger partial charge in [0.25, 0.3) is 0 Å². The lowest BCUT2D eigenvalue weighted by Crippen LogP contribution is -2.43. The third kappa shape index (κ3) is 4.30. The maximum Gasteiger partial charge on any atom is 0.573 e. The van der Waals surface area contributed by atoms with Gasteiger partial charge in [0.15, 0.2) is 0 Å². The summed E-state index contributed by atoms with van der Waals surface area (Å²) in [6.45, 7) is 1.93. The van der Waals surface area contributed by atoms with E-state index in [0.717, 1.165) is 12.1 Å². The smallest absolute Gasteiger partial charge is 0.406 e. The molecule has 2 amide bonds. The summed E-state index contributed by atoms with van der Waals surface area (Å²) in [6.07, 6.45) is -4.72. The number of benzene rings is 1. The van der Waals surface area contributed by atoms with Crippen LogP contribution < -0.4 is 10.1 Å². The first-order valence-corrected chi connectivity index (χ1v) is 5.93. The minimum Gasteiger partial charge on any atom is -0.406 e. The molecule has 0 bridgehead atoms. The molecular weight excluding hydrogens is 277 g/mol. The van der Waals surface area contributed by atoms with Crippen LogP contribution in [0.25, 0.3) is 0 Å². The van der Waals surface area contributed by atoms with Crippen LogP contribution in [-0.4, -0.2) is 43.6 Å². The van der Waals surface area contributed by atoms with Gasteiger partial charge in [-0.3, -0.25) is 0 Å². The van der Waals surface area contributed by atoms with Crippen molar-refractivity contribution in [1.29, 1.82) is 0 Å². The van der Waals surface area contributed by atoms with Crippen molar-refractivity contribution in [2.75, 3.05) is 31.6 Å². The number of nitrogens with zero attached hydrogens (tertiary/aromatic N) is 1. The van der Waals surface area contributed by atoms with Crippen molar-refractivity contribution in [3.63, 3.8) is 0 Å². The molecule has 1 saturated heterocycles. The summed E-state index contributed by atoms with van der Waals surface area (Å²) in [7, 11) is 0. The van der Waals surface area contributed by atoms with E-state index in [-0.39, 0.29) is 11.8 Å². The van der Waals surface area contributed by atoms with E-state index >= 15 is 0 Å². The highest BCUT2D eigenvalue weighted by Gasteiger charge is 2.31. The number of alkyl halides is 3. The van der Waals surface area contributed by atoms with E-state index < -0.39 is 6.36 Å². The second-order valence-corrected chi connectivity index (χ2v) is 4.10. The molecule has 1 heterocycles. The molecule has 20 heavy (non-hydrogen) atoms. The third-order valence-corrected chi connectivity index (χ3v) is 2.64. The zero-order chi connectivity index (χ0) is 14.6. The summed E-state index contributed by atoms with van der Waals surface area (Å²) >= 11 is 0. The Balaban J connectivity index is 1.91. The maximum atomic E-state index is 12.0. The van der Waals surface area contributed by atoms with Crippen LogP contribution in [0.5, 0.6) is 5.75 Å². The van der Waals surface area contributed by atoms with Gasteiger partial charge < -0.3 is 19.7 Å². The van der Waals surface area contributed by atoms with E-state index in [1.165, 1.54) is 12.1 Å². The molecule has 0 aliphatic carbocycles. The SMILES string of the molecule is O=C(Nc1ccc(OC(F)(F)F)cc1)N1CCOCC1. The molecule has 1 N–H and O–H groups in total. The van der Waals surface area contributed by atoms with E-state index in [0.29, 0.717) is 32.0 Å². The normalized spacial score (nSPS) is 15.8. The van der Waals surface area contributed by atoms with Crippen molar-refractivity contribution >= 4 is 11.7 Å². The predicted molar refractivity (Wildman–Crippen MR) is 64.5 cm³/mol. The van der Waals surface area contributed by atoms with E-state index in [9.17, 15) is 18.0 Å². The van der Waals surface area contributed by atoms with Gasteiger partial charge in [-0.2, -0.15) is 0 Å². The molecule has 8 heteroatoms. The van der Waals surface area contributed by atoms with E-state index in [4.69, 9.17) is 4.74 Å². The highest BCUT2D eigenvalue weighted by molar-refractivity contribution is 5.89. The third-order valence-electron chi connectivity index (χ3n) is 2.64. The minimum absolute atomic E-state index is 0.308. The summed E-state index contributed by atoms with van der Waals surface area (Å²) in [5.41, 5.74) is 0.399. The van der Waals surface area contributed by atoms with Crippen LogP contribution in [0.1, 0.15) is 0 Å². The van der Waals surface area contributed by atoms with Crippen LogP contribution in [0.4, 0.5) is 23.7 Å². The minimum atomic E-state index is -4.72. The first-order chi connectivity index (χ1) is 9.44. The molecule has 0 saturated carbocycles. The standard InChI is InChI=1S/C12H13F3N2O3/c13-12(14,15)20-10-3-1-9(2-4-10)16-11(18)17-5-7-19-8-6-17/h1-4H,5-8H2,(H,16,18). The van der Waals surface area contributed by atoms with Crippen molar-refractivity contribution in [2.45, 2.75) is 6.36 Å². The van der Waals surface area contributed by atoms with Gasteiger partial charge in [-0.15, -0.1) is 13.2 Å². The van der Waals surface area contributed by atoms with Gasteiger partial charge in [0.2, 0.25) is 0 Å². The maximum absolute atomic E-state index is 12.0. The van der Waals surface area contributed by atoms with Crippen molar-refractivity contribution in [2.24, 2.45) is 0 Å². The molecule has 5 nitrogen and oxygen atoms in total. The molecule has 1 aliphatic heterocycles. The first-order valence-electron chi connectivity index (χ1n) is 5.93. The van der Waals surface area contributed by atoms with Gasteiger partial charge in [0, 0.05) is 18.8 Å². The Labute approximate surface area is 113 Å². The van der Waals surface area contributed by atoms with Crippen LogP contribution in [0.2, 0.25) is 0 Å². The second kappa shape index (κ2) is 6.00. The molecule has 0 radical (unpaired) electrons. The lowest BCUT2D eigenvalue weighted by molar-refractivity contribution is -0.274. The predicted octanol–water partition coefficient (Wildman–Crippen LogP) is 2.45. The van der Waals surface area contributed by atoms with Crippen molar-refractivity contribution in [1.82, 2.24) is 4.90 Å². The molecule has 1 aromatic rings. The van der Waals surface area contributed by atoms with Gasteiger partial charge >= 0.3 is 12.4 Å². The molecule has 1 fully saturated rings. The summed E-state index contributed by atoms with van der Waals surface area (Å²) in [4.78, 5) is 13.4. The highest BCUT2D eigenvalue weighted by Crippen LogP contribution is 2.24. The van der Waals surface area contributed by atoms with Crippen LogP contribution in [0.3, 0.4) is 0 Å². The number of rotatable bonds is 2. The van der Waals surface area contributed by atoms with Gasteiger partial charge in [-0.25, -0.2) is 4.79 Å². The molecule has 0 unspecified atom stereocenters. The van der Waals surface area contributed by atoms with Gasteiger partial charge in [-0.1, -0.05) is 0 Å². The van der Waals surface area contributed by atoms with E-state index in [1.807, 2.05) is 0 Å². The fourth-order valence-electron chi connectivity index (χ4n) is 1.71. The Hall–Kier alpha value is -1.96. The van der Waals surface area contributed by atoms with Crippen LogP contribution in [0, 0.1) is 0 Å². The van der Waals surface area contributed by atoms with Crippen molar-refractivity contribution in [3.05, 3.63) is 24.3 Å². The number of halogens is 3. The number of ether oxygens (including phenoxy) is 2. The number of urea groups is 1. The largest absolute Gasteiger partial charge is 0.573 e. The average Bonchev–Trinajstić information content (AvgIpc) is 2.40. The number of morpholine rings is 1. The summed E-state index contributed by atoms with van der Waals surface area (Å²) in [6, 6.07) is 4.67. The van der Waals surface area contributed by atoms with Gasteiger partial charge in [0.1, 0.15) is 5.75 Å². The number of nitrogens with one attached hydrogen (secondary N) is 1. The lowest BCUT2D eigenvalue weighted by Gasteiger charge is -2.26. The molecule has 0 aromatic heterocycles. The number of carbonyl (C=O) groups excluding carboxylic acids is 1. The van der Waals surface area contributed by atoms with Gasteiger partial charge in [-0.05, 0) is 24.3 Å². The summed E-state index contributed by atoms with van der Waals surface area (Å²) in [5, 5.41) is 2.60. The van der Waals surface area contributed by atoms with Crippen molar-refractivity contribution < 1.29 is 27.4 Å². The monoisotopic (exact) mass is 290 g/mol. The second-order valence-electron chi connectivity index (χ2n) is 4.10. The molecule has 2 rings (SSSR count). The van der Waals surface area contributed by atoms with E-state index in [1.54, 1.807) is 4.90 Å². The number of hydrogen-bond donors (Lipinski definition) is 1. The zero-order valence-electron chi connectivity index (χ0n) is 10.4. The number of anilines is 1. The topological polar surface area (TPSA) is 50.8 Å². The quantitative estimate of drug-likeness (QED) is 0.910. The molecular formula is C12H13F3N2O3. The number of carbonyl (C=O) groups is 1. The zero-order valence-corrected chi connectivity index (χ0v) is 10.4. The number of amides is 2. The molecule has 1 aromatic carbocycles.